The Morgan fingerprint density at radius 1 is 1.38 bits per heavy atom. The van der Waals surface area contributed by atoms with E-state index >= 15 is 0 Å². The van der Waals surface area contributed by atoms with Gasteiger partial charge in [-0.05, 0) is 37.5 Å². The normalized spacial score (nSPS) is 22.1. The first kappa shape index (κ1) is 13.3. The number of nitrogens with two attached hydrogens (primary N) is 1. The van der Waals surface area contributed by atoms with Crippen LogP contribution in [0.2, 0.25) is 0 Å². The van der Waals surface area contributed by atoms with E-state index < -0.39 is 0 Å². The van der Waals surface area contributed by atoms with Crippen LogP contribution in [-0.4, -0.2) is 30.5 Å². The molecule has 0 aromatic heterocycles. The zero-order valence-electron chi connectivity index (χ0n) is 11.3. The van der Waals surface area contributed by atoms with Crippen LogP contribution in [0.1, 0.15) is 52.9 Å². The van der Waals surface area contributed by atoms with Crippen molar-refractivity contribution in [2.75, 3.05) is 13.6 Å². The molecule has 1 aliphatic rings. The molecule has 16 heavy (non-hydrogen) atoms. The number of hydrogen-bond acceptors (Lipinski definition) is 1. The summed E-state index contributed by atoms with van der Waals surface area (Å²) in [5.41, 5.74) is 6.50. The monoisotopic (exact) mass is 225 g/mol. The van der Waals surface area contributed by atoms with Gasteiger partial charge in [0.1, 0.15) is 0 Å². The van der Waals surface area contributed by atoms with E-state index in [0.717, 1.165) is 13.0 Å². The molecule has 1 fully saturated rings. The lowest BCUT2D eigenvalue weighted by Crippen LogP contribution is -2.44. The molecule has 0 bridgehead atoms. The van der Waals surface area contributed by atoms with Crippen LogP contribution >= 0.6 is 0 Å². The van der Waals surface area contributed by atoms with Crippen LogP contribution in [0, 0.1) is 5.41 Å². The smallest absolute Gasteiger partial charge is 0.191 e. The van der Waals surface area contributed by atoms with Crippen molar-refractivity contribution < 1.29 is 0 Å². The van der Waals surface area contributed by atoms with Crippen LogP contribution in [0.4, 0.5) is 0 Å². The Labute approximate surface area is 100 Å². The maximum atomic E-state index is 5.98. The van der Waals surface area contributed by atoms with Crippen LogP contribution in [0.15, 0.2) is 4.99 Å². The highest BCUT2D eigenvalue weighted by molar-refractivity contribution is 5.78. The second-order valence-electron chi connectivity index (χ2n) is 5.75. The predicted octanol–water partition coefficient (Wildman–Crippen LogP) is 2.61. The Morgan fingerprint density at radius 2 is 1.94 bits per heavy atom. The molecule has 0 atom stereocenters. The molecule has 1 aliphatic carbocycles. The summed E-state index contributed by atoms with van der Waals surface area (Å²) in [5, 5.41) is 0. The van der Waals surface area contributed by atoms with Gasteiger partial charge in [0.2, 0.25) is 0 Å². The van der Waals surface area contributed by atoms with Crippen molar-refractivity contribution in [2.24, 2.45) is 16.1 Å². The quantitative estimate of drug-likeness (QED) is 0.592. The zero-order chi connectivity index (χ0) is 12.2. The van der Waals surface area contributed by atoms with Gasteiger partial charge in [0.05, 0.1) is 0 Å². The van der Waals surface area contributed by atoms with Crippen LogP contribution in [0.3, 0.4) is 0 Å². The van der Waals surface area contributed by atoms with Gasteiger partial charge in [-0.1, -0.05) is 20.8 Å². The van der Waals surface area contributed by atoms with E-state index in [1.807, 2.05) is 0 Å². The molecule has 0 saturated heterocycles. The Morgan fingerprint density at radius 3 is 2.44 bits per heavy atom. The van der Waals surface area contributed by atoms with E-state index in [2.05, 4.69) is 37.7 Å². The lowest BCUT2D eigenvalue weighted by molar-refractivity contribution is 0.168. The van der Waals surface area contributed by atoms with Crippen molar-refractivity contribution in [2.45, 2.75) is 58.9 Å². The van der Waals surface area contributed by atoms with Gasteiger partial charge in [-0.25, -0.2) is 0 Å². The summed E-state index contributed by atoms with van der Waals surface area (Å²) in [5.74, 6) is 0.714. The van der Waals surface area contributed by atoms with Crippen molar-refractivity contribution in [3.63, 3.8) is 0 Å². The molecular weight excluding hydrogens is 198 g/mol. The van der Waals surface area contributed by atoms with E-state index in [4.69, 9.17) is 5.73 Å². The third kappa shape index (κ3) is 3.69. The minimum Gasteiger partial charge on any atom is -0.370 e. The molecule has 0 spiro atoms. The average molecular weight is 225 g/mol. The second kappa shape index (κ2) is 5.55. The molecule has 0 unspecified atom stereocenters. The summed E-state index contributed by atoms with van der Waals surface area (Å²) in [4.78, 5) is 6.55. The fourth-order valence-electron chi connectivity index (χ4n) is 2.30. The van der Waals surface area contributed by atoms with Crippen LogP contribution < -0.4 is 5.73 Å². The maximum Gasteiger partial charge on any atom is 0.191 e. The van der Waals surface area contributed by atoms with Gasteiger partial charge in [0.15, 0.2) is 5.96 Å². The molecule has 1 saturated carbocycles. The van der Waals surface area contributed by atoms with E-state index in [0.29, 0.717) is 17.4 Å². The summed E-state index contributed by atoms with van der Waals surface area (Å²) in [6.07, 6.45) is 6.13. The molecule has 0 heterocycles. The van der Waals surface area contributed by atoms with E-state index in [1.165, 1.54) is 25.7 Å². The maximum absolute atomic E-state index is 5.98. The Balaban J connectivity index is 2.47. The van der Waals surface area contributed by atoms with Crippen molar-refractivity contribution in [1.82, 2.24) is 4.90 Å². The predicted molar refractivity (Wildman–Crippen MR) is 70.6 cm³/mol. The van der Waals surface area contributed by atoms with Gasteiger partial charge in [0.25, 0.3) is 0 Å². The van der Waals surface area contributed by atoms with Crippen LogP contribution in [0.25, 0.3) is 0 Å². The highest BCUT2D eigenvalue weighted by Crippen LogP contribution is 2.36. The molecule has 1 rings (SSSR count). The Kier molecular flexibility index (Phi) is 4.63. The number of aliphatic imine (C=N–C) groups is 1. The SMILES string of the molecule is CCCN=C(N)N(C)C1CCC(C)(C)CC1. The highest BCUT2D eigenvalue weighted by atomic mass is 15.3. The number of rotatable bonds is 3. The largest absolute Gasteiger partial charge is 0.370 e. The van der Waals surface area contributed by atoms with Gasteiger partial charge in [-0.2, -0.15) is 0 Å². The summed E-state index contributed by atoms with van der Waals surface area (Å²) in [7, 11) is 2.08. The minimum atomic E-state index is 0.520. The van der Waals surface area contributed by atoms with Gasteiger partial charge in [0, 0.05) is 19.6 Å². The molecule has 3 heteroatoms. The van der Waals surface area contributed by atoms with Crippen LogP contribution in [-0.2, 0) is 0 Å². The molecule has 0 aromatic carbocycles. The zero-order valence-corrected chi connectivity index (χ0v) is 11.3. The Bertz CT molecular complexity index is 236. The number of guanidine groups is 1. The standard InChI is InChI=1S/C13H27N3/c1-5-10-15-12(14)16(4)11-6-8-13(2,3)9-7-11/h11H,5-10H2,1-4H3,(H2,14,15). The molecule has 0 amide bonds. The number of hydrogen-bond donors (Lipinski definition) is 1. The molecule has 0 aliphatic heterocycles. The van der Waals surface area contributed by atoms with Crippen molar-refractivity contribution >= 4 is 5.96 Å². The third-order valence-corrected chi connectivity index (χ3v) is 3.72. The van der Waals surface area contributed by atoms with Crippen molar-refractivity contribution in [1.29, 1.82) is 0 Å². The topological polar surface area (TPSA) is 41.6 Å². The fourth-order valence-corrected chi connectivity index (χ4v) is 2.30. The summed E-state index contributed by atoms with van der Waals surface area (Å²) in [6, 6.07) is 0.591. The Hall–Kier alpha value is -0.730. The van der Waals surface area contributed by atoms with E-state index in [1.54, 1.807) is 0 Å². The van der Waals surface area contributed by atoms with Crippen molar-refractivity contribution in [3.8, 4) is 0 Å². The number of nitrogens with zero attached hydrogens (tertiary/aromatic N) is 2. The molecule has 0 radical (unpaired) electrons. The minimum absolute atomic E-state index is 0.520. The first-order valence-corrected chi connectivity index (χ1v) is 6.49. The second-order valence-corrected chi connectivity index (χ2v) is 5.75. The van der Waals surface area contributed by atoms with Crippen molar-refractivity contribution in [3.05, 3.63) is 0 Å². The van der Waals surface area contributed by atoms with Gasteiger partial charge < -0.3 is 10.6 Å². The summed E-state index contributed by atoms with van der Waals surface area (Å²) in [6.45, 7) is 7.68. The fraction of sp³-hybridized carbons (Fsp3) is 0.923. The van der Waals surface area contributed by atoms with Crippen LogP contribution in [0.5, 0.6) is 0 Å². The lowest BCUT2D eigenvalue weighted by atomic mass is 9.75. The molecule has 94 valence electrons. The van der Waals surface area contributed by atoms with E-state index in [-0.39, 0.29) is 0 Å². The first-order chi connectivity index (χ1) is 7.46. The summed E-state index contributed by atoms with van der Waals surface area (Å²) < 4.78 is 0. The first-order valence-electron chi connectivity index (χ1n) is 6.49. The lowest BCUT2D eigenvalue weighted by Gasteiger charge is -2.39. The summed E-state index contributed by atoms with van der Waals surface area (Å²) >= 11 is 0. The highest BCUT2D eigenvalue weighted by Gasteiger charge is 2.29. The van der Waals surface area contributed by atoms with E-state index in [9.17, 15) is 0 Å². The average Bonchev–Trinajstić information content (AvgIpc) is 2.25. The third-order valence-electron chi connectivity index (χ3n) is 3.72. The van der Waals surface area contributed by atoms with Gasteiger partial charge >= 0.3 is 0 Å². The van der Waals surface area contributed by atoms with Gasteiger partial charge in [-0.3, -0.25) is 4.99 Å². The molecule has 0 aromatic rings. The molecule has 3 nitrogen and oxygen atoms in total. The van der Waals surface area contributed by atoms with Gasteiger partial charge in [-0.15, -0.1) is 0 Å². The molecular formula is C13H27N3. The molecule has 2 N–H and O–H groups in total.